The maximum atomic E-state index is 12.9. The quantitative estimate of drug-likeness (QED) is 0.197. The van der Waals surface area contributed by atoms with Gasteiger partial charge >= 0.3 is 12.1 Å². The molecule has 13 heteroatoms. The van der Waals surface area contributed by atoms with Crippen LogP contribution in [0.2, 0.25) is 10.0 Å². The van der Waals surface area contributed by atoms with Crippen LogP contribution in [-0.4, -0.2) is 42.5 Å². The maximum Gasteiger partial charge on any atom is 0.471 e. The van der Waals surface area contributed by atoms with Gasteiger partial charge in [-0.15, -0.1) is 0 Å². The summed E-state index contributed by atoms with van der Waals surface area (Å²) in [5.74, 6) is -2.60. The van der Waals surface area contributed by atoms with E-state index in [0.717, 1.165) is 17.2 Å². The number of halogens is 5. The van der Waals surface area contributed by atoms with E-state index in [1.165, 1.54) is 42.3 Å². The van der Waals surface area contributed by atoms with Gasteiger partial charge in [0.05, 0.1) is 17.3 Å². The Bertz CT molecular complexity index is 1740. The molecule has 0 saturated heterocycles. The van der Waals surface area contributed by atoms with Crippen molar-refractivity contribution in [2.75, 3.05) is 23.8 Å². The molecule has 3 amide bonds. The van der Waals surface area contributed by atoms with Gasteiger partial charge in [-0.1, -0.05) is 53.5 Å². The molecule has 0 fully saturated rings. The molecular formula is C31H25Cl2F3N4O4. The van der Waals surface area contributed by atoms with Gasteiger partial charge in [-0.3, -0.25) is 14.4 Å². The Morgan fingerprint density at radius 1 is 1.00 bits per heavy atom. The van der Waals surface area contributed by atoms with Crippen LogP contribution in [0.1, 0.15) is 16.8 Å². The lowest BCUT2D eigenvalue weighted by Crippen LogP contribution is -2.37. The zero-order valence-electron chi connectivity index (χ0n) is 23.3. The number of rotatable bonds is 9. The zero-order chi connectivity index (χ0) is 32.0. The Kier molecular flexibility index (Phi) is 10.1. The monoisotopic (exact) mass is 644 g/mol. The van der Waals surface area contributed by atoms with Crippen LogP contribution in [0.25, 0.3) is 17.0 Å². The minimum Gasteiger partial charge on any atom is -0.487 e. The number of alkyl halides is 3. The molecule has 0 saturated carbocycles. The van der Waals surface area contributed by atoms with Gasteiger partial charge in [-0.25, -0.2) is 4.98 Å². The molecule has 0 aliphatic rings. The number of carbonyl (C=O) groups is 3. The summed E-state index contributed by atoms with van der Waals surface area (Å²) in [6.07, 6.45) is -2.45. The third-order valence-corrected chi connectivity index (χ3v) is 7.14. The summed E-state index contributed by atoms with van der Waals surface area (Å²) in [5, 5.41) is 5.66. The predicted octanol–water partition coefficient (Wildman–Crippen LogP) is 6.72. The number of amides is 3. The first-order valence-corrected chi connectivity index (χ1v) is 13.8. The number of aryl methyl sites for hydroxylation is 1. The first kappa shape index (κ1) is 32.3. The molecule has 0 unspecified atom stereocenters. The lowest BCUT2D eigenvalue weighted by Gasteiger charge is -2.21. The van der Waals surface area contributed by atoms with Gasteiger partial charge < -0.3 is 20.3 Å². The highest BCUT2D eigenvalue weighted by Gasteiger charge is 2.38. The fourth-order valence-electron chi connectivity index (χ4n) is 3.99. The number of fused-ring (bicyclic) bond motifs is 1. The number of para-hydroxylation sites is 1. The molecule has 4 rings (SSSR count). The molecule has 8 nitrogen and oxygen atoms in total. The molecule has 0 aliphatic heterocycles. The van der Waals surface area contributed by atoms with Crippen LogP contribution in [0.3, 0.4) is 0 Å². The van der Waals surface area contributed by atoms with Crippen LogP contribution in [0.15, 0.2) is 72.8 Å². The fraction of sp³-hybridized carbons (Fsp3) is 0.161. The SMILES string of the molecule is Cc1ccc2cccc(OCc3c(Cl)ccc(N(C)C(=O)CNC(=O)C=Cc4ccc(NC(=O)C(F)(F)F)cc4)c3Cl)c2n1. The highest BCUT2D eigenvalue weighted by atomic mass is 35.5. The molecule has 0 bridgehead atoms. The van der Waals surface area contributed by atoms with E-state index in [1.54, 1.807) is 23.5 Å². The second kappa shape index (κ2) is 13.8. The smallest absolute Gasteiger partial charge is 0.471 e. The third-order valence-electron chi connectivity index (χ3n) is 6.36. The molecule has 2 N–H and O–H groups in total. The van der Waals surface area contributed by atoms with Gasteiger partial charge in [0.15, 0.2) is 0 Å². The van der Waals surface area contributed by atoms with Crippen molar-refractivity contribution in [2.45, 2.75) is 19.7 Å². The number of likely N-dealkylation sites (N-methyl/N-ethyl adjacent to an activating group) is 1. The standard InChI is InChI=1S/C31H25Cl2F3N4O4/c1-18-6-10-20-4-3-5-25(29(20)38-18)44-17-22-23(32)13-14-24(28(22)33)40(2)27(42)16-37-26(41)15-9-19-7-11-21(12-8-19)39-30(43)31(34,35)36/h3-15H,16-17H2,1-2H3,(H,37,41)(H,39,43). The average Bonchev–Trinajstić information content (AvgIpc) is 2.98. The van der Waals surface area contributed by atoms with Crippen molar-refractivity contribution in [1.82, 2.24) is 10.3 Å². The number of anilines is 2. The van der Waals surface area contributed by atoms with E-state index in [-0.39, 0.29) is 23.9 Å². The van der Waals surface area contributed by atoms with Gasteiger partial charge in [0.2, 0.25) is 11.8 Å². The third kappa shape index (κ3) is 8.06. The number of benzene rings is 3. The predicted molar refractivity (Wildman–Crippen MR) is 164 cm³/mol. The molecule has 3 aromatic carbocycles. The molecular weight excluding hydrogens is 620 g/mol. The van der Waals surface area contributed by atoms with Crippen LogP contribution in [0, 0.1) is 6.92 Å². The van der Waals surface area contributed by atoms with Crippen molar-refractivity contribution in [1.29, 1.82) is 0 Å². The minimum absolute atomic E-state index is 0.0134. The normalized spacial score (nSPS) is 11.4. The summed E-state index contributed by atoms with van der Waals surface area (Å²) in [6, 6.07) is 17.9. The van der Waals surface area contributed by atoms with E-state index in [4.69, 9.17) is 27.9 Å². The van der Waals surface area contributed by atoms with Gasteiger partial charge in [-0.2, -0.15) is 13.2 Å². The van der Waals surface area contributed by atoms with E-state index in [2.05, 4.69) is 10.3 Å². The number of ether oxygens (including phenoxy) is 1. The molecule has 0 aliphatic carbocycles. The van der Waals surface area contributed by atoms with E-state index in [9.17, 15) is 27.6 Å². The summed E-state index contributed by atoms with van der Waals surface area (Å²) in [4.78, 5) is 42.0. The Morgan fingerprint density at radius 3 is 2.43 bits per heavy atom. The van der Waals surface area contributed by atoms with E-state index >= 15 is 0 Å². The number of hydrogen-bond donors (Lipinski definition) is 2. The Morgan fingerprint density at radius 2 is 1.73 bits per heavy atom. The number of nitrogens with zero attached hydrogens (tertiary/aromatic N) is 2. The maximum absolute atomic E-state index is 12.9. The number of pyridine rings is 1. The zero-order valence-corrected chi connectivity index (χ0v) is 24.8. The van der Waals surface area contributed by atoms with Gasteiger partial charge in [0.25, 0.3) is 0 Å². The summed E-state index contributed by atoms with van der Waals surface area (Å²) >= 11 is 13.1. The minimum atomic E-state index is -5.01. The molecule has 0 radical (unpaired) electrons. The second-order valence-electron chi connectivity index (χ2n) is 9.51. The highest BCUT2D eigenvalue weighted by Crippen LogP contribution is 2.35. The number of nitrogens with one attached hydrogen (secondary N) is 2. The largest absolute Gasteiger partial charge is 0.487 e. The van der Waals surface area contributed by atoms with E-state index < -0.39 is 23.9 Å². The van der Waals surface area contributed by atoms with Gasteiger partial charge in [0.1, 0.15) is 17.9 Å². The summed E-state index contributed by atoms with van der Waals surface area (Å²) in [7, 11) is 1.50. The van der Waals surface area contributed by atoms with Crippen molar-refractivity contribution < 1.29 is 32.3 Å². The Balaban J connectivity index is 1.35. The summed E-state index contributed by atoms with van der Waals surface area (Å²) in [5.41, 5.74) is 2.77. The molecule has 44 heavy (non-hydrogen) atoms. The number of aromatic nitrogens is 1. The molecule has 4 aromatic rings. The second-order valence-corrected chi connectivity index (χ2v) is 10.3. The number of carbonyl (C=O) groups excluding carboxylic acids is 3. The first-order chi connectivity index (χ1) is 20.8. The molecule has 228 valence electrons. The van der Waals surface area contributed by atoms with Gasteiger partial charge in [-0.05, 0) is 55.0 Å². The van der Waals surface area contributed by atoms with Crippen LogP contribution >= 0.6 is 23.2 Å². The lowest BCUT2D eigenvalue weighted by atomic mass is 10.1. The van der Waals surface area contributed by atoms with Crippen LogP contribution in [-0.2, 0) is 21.0 Å². The lowest BCUT2D eigenvalue weighted by molar-refractivity contribution is -0.167. The van der Waals surface area contributed by atoms with Crippen LogP contribution in [0.4, 0.5) is 24.5 Å². The average molecular weight is 645 g/mol. The first-order valence-electron chi connectivity index (χ1n) is 13.0. The summed E-state index contributed by atoms with van der Waals surface area (Å²) < 4.78 is 43.2. The van der Waals surface area contributed by atoms with Crippen molar-refractivity contribution in [3.05, 3.63) is 99.7 Å². The topological polar surface area (TPSA) is 101 Å². The van der Waals surface area contributed by atoms with Crippen molar-refractivity contribution in [3.63, 3.8) is 0 Å². The van der Waals surface area contributed by atoms with Crippen molar-refractivity contribution in [2.24, 2.45) is 0 Å². The fourth-order valence-corrected chi connectivity index (χ4v) is 4.59. The highest BCUT2D eigenvalue weighted by molar-refractivity contribution is 6.38. The molecule has 0 spiro atoms. The Hall–Kier alpha value is -4.61. The van der Waals surface area contributed by atoms with Crippen molar-refractivity contribution in [3.8, 4) is 5.75 Å². The molecule has 1 aromatic heterocycles. The van der Waals surface area contributed by atoms with Gasteiger partial charge in [0, 0.05) is 40.5 Å². The molecule has 1 heterocycles. The van der Waals surface area contributed by atoms with Crippen LogP contribution < -0.4 is 20.3 Å². The van der Waals surface area contributed by atoms with Crippen LogP contribution in [0.5, 0.6) is 5.75 Å². The van der Waals surface area contributed by atoms with Crippen molar-refractivity contribution >= 4 is 69.3 Å². The van der Waals surface area contributed by atoms with E-state index in [0.29, 0.717) is 33.1 Å². The summed E-state index contributed by atoms with van der Waals surface area (Å²) in [6.45, 7) is 1.54. The molecule has 0 atom stereocenters. The number of hydrogen-bond acceptors (Lipinski definition) is 5. The van der Waals surface area contributed by atoms with E-state index in [1.807, 2.05) is 31.2 Å². The Labute approximate surface area is 260 Å².